The van der Waals surface area contributed by atoms with Gasteiger partial charge in [0.05, 0.1) is 7.11 Å². The van der Waals surface area contributed by atoms with E-state index in [2.05, 4.69) is 6.07 Å². The van der Waals surface area contributed by atoms with Gasteiger partial charge in [-0.15, -0.1) is 11.8 Å². The van der Waals surface area contributed by atoms with E-state index >= 15 is 0 Å². The fourth-order valence-electron chi connectivity index (χ4n) is 1.55. The van der Waals surface area contributed by atoms with Crippen LogP contribution in [-0.2, 0) is 9.47 Å². The molecule has 0 spiro atoms. The number of hydrogen-bond acceptors (Lipinski definition) is 4. The second-order valence-corrected chi connectivity index (χ2v) is 4.82. The first kappa shape index (κ1) is 15.3. The van der Waals surface area contributed by atoms with Gasteiger partial charge in [0.25, 0.3) is 0 Å². The molecule has 0 fully saturated rings. The van der Waals surface area contributed by atoms with Crippen LogP contribution in [0.5, 0.6) is 5.75 Å². The van der Waals surface area contributed by atoms with Gasteiger partial charge in [0.1, 0.15) is 5.75 Å². The zero-order chi connectivity index (χ0) is 13.2. The van der Waals surface area contributed by atoms with Crippen LogP contribution in [0.2, 0.25) is 0 Å². The van der Waals surface area contributed by atoms with Gasteiger partial charge in [-0.25, -0.2) is 0 Å². The normalized spacial score (nSPS) is 10.9. The van der Waals surface area contributed by atoms with E-state index in [9.17, 15) is 0 Å². The average Bonchev–Trinajstić information content (AvgIpc) is 2.39. The zero-order valence-corrected chi connectivity index (χ0v) is 12.2. The molecule has 0 aromatic heterocycles. The van der Waals surface area contributed by atoms with E-state index in [0.717, 1.165) is 17.9 Å². The van der Waals surface area contributed by atoms with Crippen LogP contribution in [0.1, 0.15) is 20.3 Å². The lowest BCUT2D eigenvalue weighted by molar-refractivity contribution is -0.136. The van der Waals surface area contributed by atoms with E-state index in [1.54, 1.807) is 18.9 Å². The Bertz CT molecular complexity index is 325. The Morgan fingerprint density at radius 1 is 1.17 bits per heavy atom. The minimum Gasteiger partial charge on any atom is -0.497 e. The van der Waals surface area contributed by atoms with E-state index < -0.39 is 0 Å². The third kappa shape index (κ3) is 5.76. The molecule has 0 radical (unpaired) electrons. The molecule has 0 amide bonds. The highest BCUT2D eigenvalue weighted by Crippen LogP contribution is 2.24. The van der Waals surface area contributed by atoms with Crippen LogP contribution >= 0.6 is 11.8 Å². The maximum absolute atomic E-state index is 5.50. The number of ether oxygens (including phenoxy) is 3. The Morgan fingerprint density at radius 3 is 2.50 bits per heavy atom. The molecule has 0 unspecified atom stereocenters. The number of thioether (sulfide) groups is 1. The highest BCUT2D eigenvalue weighted by Gasteiger charge is 2.07. The van der Waals surface area contributed by atoms with Gasteiger partial charge >= 0.3 is 0 Å². The Labute approximate surface area is 114 Å². The molecule has 0 aliphatic rings. The van der Waals surface area contributed by atoms with Crippen molar-refractivity contribution < 1.29 is 14.2 Å². The molecule has 102 valence electrons. The summed E-state index contributed by atoms with van der Waals surface area (Å²) in [4.78, 5) is 1.21. The molecule has 4 heteroatoms. The van der Waals surface area contributed by atoms with Crippen molar-refractivity contribution in [1.82, 2.24) is 0 Å². The predicted octanol–water partition coefficient (Wildman–Crippen LogP) is 3.58. The second-order valence-electron chi connectivity index (χ2n) is 3.66. The third-order valence-electron chi connectivity index (χ3n) is 2.37. The molecule has 0 N–H and O–H groups in total. The first-order valence-corrected chi connectivity index (χ1v) is 7.28. The van der Waals surface area contributed by atoms with Gasteiger partial charge in [0.15, 0.2) is 6.29 Å². The number of methoxy groups -OCH3 is 1. The maximum atomic E-state index is 5.50. The van der Waals surface area contributed by atoms with Gasteiger partial charge in [-0.1, -0.05) is 6.07 Å². The van der Waals surface area contributed by atoms with Crippen LogP contribution < -0.4 is 4.74 Å². The van der Waals surface area contributed by atoms with Crippen molar-refractivity contribution in [2.24, 2.45) is 0 Å². The van der Waals surface area contributed by atoms with Crippen LogP contribution in [0, 0.1) is 0 Å². The molecule has 0 atom stereocenters. The molecule has 0 saturated heterocycles. The molecular weight excluding hydrogens is 248 g/mol. The summed E-state index contributed by atoms with van der Waals surface area (Å²) >= 11 is 1.79. The summed E-state index contributed by atoms with van der Waals surface area (Å²) in [5.74, 6) is 1.86. The molecule has 0 bridgehead atoms. The molecule has 18 heavy (non-hydrogen) atoms. The van der Waals surface area contributed by atoms with E-state index in [0.29, 0.717) is 13.2 Å². The minimum absolute atomic E-state index is 0.0851. The minimum atomic E-state index is -0.0851. The Kier molecular flexibility index (Phi) is 7.89. The lowest BCUT2D eigenvalue weighted by atomic mass is 10.3. The summed E-state index contributed by atoms with van der Waals surface area (Å²) in [7, 11) is 1.68. The average molecular weight is 270 g/mol. The predicted molar refractivity (Wildman–Crippen MR) is 75.4 cm³/mol. The van der Waals surface area contributed by atoms with Gasteiger partial charge in [0, 0.05) is 30.3 Å². The van der Waals surface area contributed by atoms with E-state index in [1.807, 2.05) is 32.0 Å². The number of hydrogen-bond donors (Lipinski definition) is 0. The molecular formula is C14H22O3S. The van der Waals surface area contributed by atoms with Gasteiger partial charge in [-0.3, -0.25) is 0 Å². The van der Waals surface area contributed by atoms with Crippen molar-refractivity contribution in [1.29, 1.82) is 0 Å². The van der Waals surface area contributed by atoms with E-state index in [-0.39, 0.29) is 6.29 Å². The monoisotopic (exact) mass is 270 g/mol. The Morgan fingerprint density at radius 2 is 1.89 bits per heavy atom. The summed E-state index contributed by atoms with van der Waals surface area (Å²) < 4.78 is 16.2. The van der Waals surface area contributed by atoms with Gasteiger partial charge in [-0.05, 0) is 32.0 Å². The molecule has 0 aliphatic carbocycles. The van der Waals surface area contributed by atoms with Crippen molar-refractivity contribution >= 4 is 11.8 Å². The second kappa shape index (κ2) is 9.25. The van der Waals surface area contributed by atoms with Crippen molar-refractivity contribution in [3.8, 4) is 5.75 Å². The Hall–Kier alpha value is -0.710. The quantitative estimate of drug-likeness (QED) is 0.506. The molecule has 0 aliphatic heterocycles. The molecule has 0 heterocycles. The van der Waals surface area contributed by atoms with Crippen LogP contribution in [0.4, 0.5) is 0 Å². The zero-order valence-electron chi connectivity index (χ0n) is 11.3. The molecule has 1 rings (SSSR count). The molecule has 0 saturated carbocycles. The highest BCUT2D eigenvalue weighted by molar-refractivity contribution is 7.99. The summed E-state index contributed by atoms with van der Waals surface area (Å²) in [5, 5.41) is 0. The van der Waals surface area contributed by atoms with Gasteiger partial charge in [-0.2, -0.15) is 0 Å². The van der Waals surface area contributed by atoms with Crippen LogP contribution in [0.15, 0.2) is 29.2 Å². The number of benzene rings is 1. The fraction of sp³-hybridized carbons (Fsp3) is 0.571. The molecule has 1 aromatic carbocycles. The van der Waals surface area contributed by atoms with Crippen LogP contribution in [0.3, 0.4) is 0 Å². The lowest BCUT2D eigenvalue weighted by Crippen LogP contribution is -2.18. The maximum Gasteiger partial charge on any atom is 0.158 e. The smallest absolute Gasteiger partial charge is 0.158 e. The highest BCUT2D eigenvalue weighted by atomic mass is 32.2. The topological polar surface area (TPSA) is 27.7 Å². The van der Waals surface area contributed by atoms with Crippen molar-refractivity contribution in [3.05, 3.63) is 24.3 Å². The Balaban J connectivity index is 2.34. The van der Waals surface area contributed by atoms with Crippen LogP contribution in [-0.4, -0.2) is 32.4 Å². The third-order valence-corrected chi connectivity index (χ3v) is 3.40. The molecule has 1 aromatic rings. The fourth-order valence-corrected chi connectivity index (χ4v) is 2.47. The van der Waals surface area contributed by atoms with Crippen molar-refractivity contribution in [3.63, 3.8) is 0 Å². The van der Waals surface area contributed by atoms with Gasteiger partial charge < -0.3 is 14.2 Å². The SMILES string of the molecule is CCOC(CCSc1cccc(OC)c1)OCC. The first-order valence-electron chi connectivity index (χ1n) is 6.30. The van der Waals surface area contributed by atoms with Crippen molar-refractivity contribution in [2.45, 2.75) is 31.5 Å². The van der Waals surface area contributed by atoms with E-state index in [1.165, 1.54) is 4.90 Å². The summed E-state index contributed by atoms with van der Waals surface area (Å²) in [6.45, 7) is 5.35. The van der Waals surface area contributed by atoms with Crippen molar-refractivity contribution in [2.75, 3.05) is 26.1 Å². The summed E-state index contributed by atoms with van der Waals surface area (Å²) in [6.07, 6.45) is 0.807. The summed E-state index contributed by atoms with van der Waals surface area (Å²) in [6, 6.07) is 8.08. The summed E-state index contributed by atoms with van der Waals surface area (Å²) in [5.41, 5.74) is 0. The van der Waals surface area contributed by atoms with E-state index in [4.69, 9.17) is 14.2 Å². The first-order chi connectivity index (χ1) is 8.80. The largest absolute Gasteiger partial charge is 0.497 e. The van der Waals surface area contributed by atoms with Crippen LogP contribution in [0.25, 0.3) is 0 Å². The molecule has 3 nitrogen and oxygen atoms in total. The standard InChI is InChI=1S/C14H22O3S/c1-4-16-14(17-5-2)9-10-18-13-8-6-7-12(11-13)15-3/h6-8,11,14H,4-5,9-10H2,1-3H3. The van der Waals surface area contributed by atoms with Gasteiger partial charge in [0.2, 0.25) is 0 Å². The lowest BCUT2D eigenvalue weighted by Gasteiger charge is -2.16. The number of rotatable bonds is 9.